The van der Waals surface area contributed by atoms with Crippen LogP contribution in [0, 0.1) is 0 Å². The van der Waals surface area contributed by atoms with Gasteiger partial charge in [0.05, 0.1) is 17.6 Å². The number of carbonyl (C=O) groups excluding carboxylic acids is 1. The summed E-state index contributed by atoms with van der Waals surface area (Å²) in [5, 5.41) is 13.4. The van der Waals surface area contributed by atoms with Crippen molar-refractivity contribution in [1.29, 1.82) is 0 Å². The van der Waals surface area contributed by atoms with Crippen molar-refractivity contribution in [1.82, 2.24) is 14.5 Å². The summed E-state index contributed by atoms with van der Waals surface area (Å²) in [6.45, 7) is 5.76. The predicted molar refractivity (Wildman–Crippen MR) is 121 cm³/mol. The summed E-state index contributed by atoms with van der Waals surface area (Å²) < 4.78 is 8.07. The molecule has 2 N–H and O–H groups in total. The lowest BCUT2D eigenvalue weighted by Crippen LogP contribution is -2.50. The maximum atomic E-state index is 13.5. The van der Waals surface area contributed by atoms with E-state index >= 15 is 0 Å². The number of amides is 1. The summed E-state index contributed by atoms with van der Waals surface area (Å²) in [5.41, 5.74) is 1.53. The number of anilines is 2. The molecule has 1 fully saturated rings. The summed E-state index contributed by atoms with van der Waals surface area (Å²) >= 11 is 3.39. The molecule has 1 aromatic heterocycles. The molecule has 10 heteroatoms. The highest BCUT2D eigenvalue weighted by atomic mass is 79.9. The Morgan fingerprint density at radius 2 is 2.13 bits per heavy atom. The number of guanidine groups is 1. The zero-order chi connectivity index (χ0) is 21.5. The van der Waals surface area contributed by atoms with Gasteiger partial charge in [-0.15, -0.1) is 0 Å². The molecule has 0 spiro atoms. The fraction of sp³-hybridized carbons (Fsp3) is 0.476. The molecule has 1 saturated heterocycles. The number of fused-ring (bicyclic) bond motifs is 3. The first-order valence-electron chi connectivity index (χ1n) is 10.6. The van der Waals surface area contributed by atoms with E-state index in [2.05, 4.69) is 26.2 Å². The van der Waals surface area contributed by atoms with Crippen LogP contribution in [0.5, 0.6) is 5.75 Å². The molecule has 1 aromatic carbocycles. The van der Waals surface area contributed by atoms with Gasteiger partial charge in [-0.25, -0.2) is 0 Å². The monoisotopic (exact) mass is 488 g/mol. The SMILES string of the molecule is CCN1C(=O)c2c(nc(NC3CCOCC3)n2Cc2ccc(O)c(Br)c2)N2CCN=C12. The number of nitrogens with zero attached hydrogens (tertiary/aromatic N) is 5. The summed E-state index contributed by atoms with van der Waals surface area (Å²) in [6.07, 6.45) is 1.79. The van der Waals surface area contributed by atoms with Crippen LogP contribution in [0.1, 0.15) is 35.8 Å². The number of aromatic hydroxyl groups is 1. The Balaban J connectivity index is 1.59. The van der Waals surface area contributed by atoms with E-state index in [9.17, 15) is 9.90 Å². The number of aliphatic imine (C=N–C) groups is 1. The zero-order valence-corrected chi connectivity index (χ0v) is 18.9. The van der Waals surface area contributed by atoms with Gasteiger partial charge in [0, 0.05) is 32.3 Å². The molecular weight excluding hydrogens is 464 g/mol. The molecule has 3 aliphatic heterocycles. The number of hydrogen-bond donors (Lipinski definition) is 2. The first-order chi connectivity index (χ1) is 15.1. The van der Waals surface area contributed by atoms with Gasteiger partial charge in [-0.3, -0.25) is 24.2 Å². The molecule has 31 heavy (non-hydrogen) atoms. The van der Waals surface area contributed by atoms with Gasteiger partial charge in [-0.2, -0.15) is 4.98 Å². The van der Waals surface area contributed by atoms with Crippen molar-refractivity contribution in [3.05, 3.63) is 33.9 Å². The molecule has 9 nitrogen and oxygen atoms in total. The lowest BCUT2D eigenvalue weighted by Gasteiger charge is -2.32. The highest BCUT2D eigenvalue weighted by Crippen LogP contribution is 2.34. The highest BCUT2D eigenvalue weighted by molar-refractivity contribution is 9.10. The van der Waals surface area contributed by atoms with Crippen LogP contribution in [0.25, 0.3) is 0 Å². The van der Waals surface area contributed by atoms with Crippen LogP contribution in [0.4, 0.5) is 11.8 Å². The Labute approximate surface area is 188 Å². The van der Waals surface area contributed by atoms with E-state index in [4.69, 9.17) is 9.72 Å². The quantitative estimate of drug-likeness (QED) is 0.671. The molecule has 0 aliphatic carbocycles. The minimum absolute atomic E-state index is 0.0835. The predicted octanol–water partition coefficient (Wildman–Crippen LogP) is 2.64. The molecule has 0 bridgehead atoms. The molecule has 0 unspecified atom stereocenters. The molecule has 3 aliphatic rings. The van der Waals surface area contributed by atoms with Crippen molar-refractivity contribution in [2.45, 2.75) is 32.4 Å². The standard InChI is InChI=1S/C21H25BrN6O3/c1-2-26-19(30)17-18(27-8-7-23-21(26)27)25-20(24-14-5-9-31-10-6-14)28(17)12-13-3-4-16(29)15(22)11-13/h3-4,11,14,29H,2,5-10,12H2,1H3,(H,24,25). The minimum Gasteiger partial charge on any atom is -0.507 e. The number of phenolic OH excluding ortho intramolecular Hbond substituents is 1. The maximum absolute atomic E-state index is 13.5. The molecule has 0 saturated carbocycles. The van der Waals surface area contributed by atoms with Crippen molar-refractivity contribution in [2.75, 3.05) is 43.1 Å². The van der Waals surface area contributed by atoms with Crippen LogP contribution in [0.3, 0.4) is 0 Å². The third-order valence-corrected chi connectivity index (χ3v) is 6.57. The number of nitrogens with one attached hydrogen (secondary N) is 1. The van der Waals surface area contributed by atoms with Crippen molar-refractivity contribution < 1.29 is 14.6 Å². The van der Waals surface area contributed by atoms with Crippen LogP contribution in [0.2, 0.25) is 0 Å². The highest BCUT2D eigenvalue weighted by Gasteiger charge is 2.41. The molecule has 4 heterocycles. The third-order valence-electron chi connectivity index (χ3n) is 5.94. The second-order valence-electron chi connectivity index (χ2n) is 7.89. The van der Waals surface area contributed by atoms with Crippen molar-refractivity contribution >= 4 is 39.6 Å². The smallest absolute Gasteiger partial charge is 0.281 e. The van der Waals surface area contributed by atoms with Gasteiger partial charge in [0.25, 0.3) is 5.91 Å². The van der Waals surface area contributed by atoms with Gasteiger partial charge in [0.1, 0.15) is 5.75 Å². The average Bonchev–Trinajstić information content (AvgIpc) is 3.38. The summed E-state index contributed by atoms with van der Waals surface area (Å²) in [5.74, 6) is 2.13. The number of phenols is 1. The van der Waals surface area contributed by atoms with Crippen molar-refractivity contribution in [3.8, 4) is 5.75 Å². The van der Waals surface area contributed by atoms with Gasteiger partial charge in [-0.05, 0) is 53.4 Å². The number of hydrogen-bond acceptors (Lipinski definition) is 7. The number of halogens is 1. The fourth-order valence-electron chi connectivity index (χ4n) is 4.33. The molecule has 5 rings (SSSR count). The van der Waals surface area contributed by atoms with Crippen LogP contribution in [0.15, 0.2) is 27.7 Å². The number of imidazole rings is 1. The number of ether oxygens (including phenoxy) is 1. The Morgan fingerprint density at radius 1 is 1.32 bits per heavy atom. The Bertz CT molecular complexity index is 1050. The third kappa shape index (κ3) is 3.57. The van der Waals surface area contributed by atoms with E-state index in [0.29, 0.717) is 67.3 Å². The first kappa shape index (κ1) is 20.3. The van der Waals surface area contributed by atoms with E-state index in [1.807, 2.05) is 28.5 Å². The van der Waals surface area contributed by atoms with Gasteiger partial charge in [0.2, 0.25) is 11.9 Å². The van der Waals surface area contributed by atoms with Gasteiger partial charge < -0.3 is 15.2 Å². The normalized spacial score (nSPS) is 18.8. The zero-order valence-electron chi connectivity index (χ0n) is 17.3. The molecule has 2 aromatic rings. The molecule has 1 amide bonds. The number of benzene rings is 1. The number of rotatable bonds is 5. The summed E-state index contributed by atoms with van der Waals surface area (Å²) in [7, 11) is 0. The summed E-state index contributed by atoms with van der Waals surface area (Å²) in [6, 6.07) is 5.62. The number of aromatic nitrogens is 2. The first-order valence-corrected chi connectivity index (χ1v) is 11.4. The minimum atomic E-state index is -0.0835. The average molecular weight is 489 g/mol. The van der Waals surface area contributed by atoms with Gasteiger partial charge in [0.15, 0.2) is 11.5 Å². The van der Waals surface area contributed by atoms with Gasteiger partial charge >= 0.3 is 0 Å². The Hall–Kier alpha value is -2.59. The molecule has 0 radical (unpaired) electrons. The maximum Gasteiger partial charge on any atom is 0.281 e. The second kappa shape index (κ2) is 8.16. The van der Waals surface area contributed by atoms with Crippen molar-refractivity contribution in [3.63, 3.8) is 0 Å². The van der Waals surface area contributed by atoms with E-state index in [0.717, 1.165) is 18.4 Å². The van der Waals surface area contributed by atoms with E-state index < -0.39 is 0 Å². The lowest BCUT2D eigenvalue weighted by atomic mass is 10.1. The number of carbonyl (C=O) groups is 1. The molecule has 164 valence electrons. The Kier molecular flexibility index (Phi) is 5.35. The lowest BCUT2D eigenvalue weighted by molar-refractivity contribution is 0.0835. The van der Waals surface area contributed by atoms with Crippen LogP contribution in [-0.4, -0.2) is 70.3 Å². The van der Waals surface area contributed by atoms with E-state index in [1.54, 1.807) is 11.0 Å². The van der Waals surface area contributed by atoms with Crippen molar-refractivity contribution in [2.24, 2.45) is 4.99 Å². The summed E-state index contributed by atoms with van der Waals surface area (Å²) in [4.78, 5) is 26.7. The van der Waals surface area contributed by atoms with Crippen LogP contribution < -0.4 is 10.2 Å². The largest absolute Gasteiger partial charge is 0.507 e. The Morgan fingerprint density at radius 3 is 2.87 bits per heavy atom. The van der Waals surface area contributed by atoms with Crippen LogP contribution in [-0.2, 0) is 11.3 Å². The second-order valence-corrected chi connectivity index (χ2v) is 8.75. The van der Waals surface area contributed by atoms with E-state index in [1.165, 1.54) is 0 Å². The van der Waals surface area contributed by atoms with Gasteiger partial charge in [-0.1, -0.05) is 6.07 Å². The van der Waals surface area contributed by atoms with Crippen LogP contribution >= 0.6 is 15.9 Å². The molecular formula is C21H25BrN6O3. The molecule has 0 atom stereocenters. The van der Waals surface area contributed by atoms with E-state index in [-0.39, 0.29) is 17.7 Å². The topological polar surface area (TPSA) is 95.2 Å². The fourth-order valence-corrected chi connectivity index (χ4v) is 4.76.